The van der Waals surface area contributed by atoms with E-state index in [0.717, 1.165) is 24.1 Å². The lowest BCUT2D eigenvalue weighted by molar-refractivity contribution is -0.150. The molecule has 2 saturated heterocycles. The fourth-order valence-corrected chi connectivity index (χ4v) is 3.82. The summed E-state index contributed by atoms with van der Waals surface area (Å²) in [5.41, 5.74) is 0. The van der Waals surface area contributed by atoms with Crippen LogP contribution in [-0.2, 0) is 9.53 Å². The summed E-state index contributed by atoms with van der Waals surface area (Å²) in [6.45, 7) is 4.64. The average molecular weight is 322 g/mol. The molecular weight excluding hydrogens is 300 g/mol. The van der Waals surface area contributed by atoms with Crippen molar-refractivity contribution in [2.45, 2.75) is 38.3 Å². The topological polar surface area (TPSA) is 49.9 Å². The van der Waals surface area contributed by atoms with E-state index in [1.165, 1.54) is 11.3 Å². The van der Waals surface area contributed by atoms with Gasteiger partial charge in [-0.25, -0.2) is 0 Å². The second kappa shape index (κ2) is 6.79. The van der Waals surface area contributed by atoms with E-state index in [1.54, 1.807) is 4.90 Å². The van der Waals surface area contributed by atoms with Crippen LogP contribution in [0.1, 0.15) is 35.9 Å². The maximum absolute atomic E-state index is 12.7. The fourth-order valence-electron chi connectivity index (χ4n) is 3.14. The second-order valence-electron chi connectivity index (χ2n) is 5.81. The van der Waals surface area contributed by atoms with Gasteiger partial charge in [-0.2, -0.15) is 0 Å². The van der Waals surface area contributed by atoms with Crippen LogP contribution >= 0.6 is 11.3 Å². The Morgan fingerprint density at radius 3 is 2.86 bits per heavy atom. The smallest absolute Gasteiger partial charge is 0.264 e. The number of likely N-dealkylation sites (tertiary alicyclic amines) is 2. The van der Waals surface area contributed by atoms with Crippen LogP contribution in [0.5, 0.6) is 0 Å². The van der Waals surface area contributed by atoms with Gasteiger partial charge in [0.15, 0.2) is 0 Å². The molecule has 3 rings (SSSR count). The molecule has 6 heteroatoms. The molecule has 0 saturated carbocycles. The molecule has 5 nitrogen and oxygen atoms in total. The Hall–Kier alpha value is -1.40. The van der Waals surface area contributed by atoms with Gasteiger partial charge in [0.25, 0.3) is 5.91 Å². The molecule has 2 amide bonds. The van der Waals surface area contributed by atoms with Crippen molar-refractivity contribution in [3.8, 4) is 0 Å². The lowest BCUT2D eigenvalue weighted by Crippen LogP contribution is -2.61. The number of rotatable bonds is 4. The van der Waals surface area contributed by atoms with Crippen LogP contribution in [0.2, 0.25) is 0 Å². The SMILES string of the molecule is CCOC1CN(C(=O)C2CCCCN2C(=O)c2cccs2)C1. The summed E-state index contributed by atoms with van der Waals surface area (Å²) in [6.07, 6.45) is 2.92. The number of piperidine rings is 1. The van der Waals surface area contributed by atoms with Gasteiger partial charge in [0.1, 0.15) is 6.04 Å². The van der Waals surface area contributed by atoms with Crippen LogP contribution in [0.25, 0.3) is 0 Å². The molecule has 2 aliphatic rings. The molecular formula is C16H22N2O3S. The number of thiophene rings is 1. The number of amides is 2. The van der Waals surface area contributed by atoms with Crippen molar-refractivity contribution in [2.24, 2.45) is 0 Å². The molecule has 1 unspecified atom stereocenters. The molecule has 3 heterocycles. The standard InChI is InChI=1S/C16H22N2O3S/c1-2-21-12-10-17(11-12)15(19)13-6-3-4-8-18(13)16(20)14-7-5-9-22-14/h5,7,9,12-13H,2-4,6,8,10-11H2,1H3. The van der Waals surface area contributed by atoms with Gasteiger partial charge in [-0.15, -0.1) is 11.3 Å². The van der Waals surface area contributed by atoms with Gasteiger partial charge in [0.05, 0.1) is 11.0 Å². The van der Waals surface area contributed by atoms with Gasteiger partial charge in [0.2, 0.25) is 5.91 Å². The molecule has 2 aliphatic heterocycles. The number of ether oxygens (including phenoxy) is 1. The Morgan fingerprint density at radius 1 is 1.36 bits per heavy atom. The monoisotopic (exact) mass is 322 g/mol. The Kier molecular flexibility index (Phi) is 4.78. The lowest BCUT2D eigenvalue weighted by atomic mass is 9.98. The first-order valence-corrected chi connectivity index (χ1v) is 8.83. The summed E-state index contributed by atoms with van der Waals surface area (Å²) in [5, 5.41) is 1.90. The quantitative estimate of drug-likeness (QED) is 0.852. The van der Waals surface area contributed by atoms with E-state index in [1.807, 2.05) is 29.3 Å². The highest BCUT2D eigenvalue weighted by Crippen LogP contribution is 2.25. The number of hydrogen-bond acceptors (Lipinski definition) is 4. The average Bonchev–Trinajstić information content (AvgIpc) is 3.03. The molecule has 1 aromatic rings. The Labute approximate surface area is 134 Å². The first kappa shape index (κ1) is 15.5. The Bertz CT molecular complexity index is 526. The predicted molar refractivity (Wildman–Crippen MR) is 85.0 cm³/mol. The summed E-state index contributed by atoms with van der Waals surface area (Å²) in [7, 11) is 0. The van der Waals surface area contributed by atoms with E-state index < -0.39 is 0 Å². The van der Waals surface area contributed by atoms with Gasteiger partial charge in [0, 0.05) is 26.2 Å². The Morgan fingerprint density at radius 2 is 2.18 bits per heavy atom. The van der Waals surface area contributed by atoms with Gasteiger partial charge in [-0.3, -0.25) is 9.59 Å². The summed E-state index contributed by atoms with van der Waals surface area (Å²) < 4.78 is 5.51. The minimum Gasteiger partial charge on any atom is -0.375 e. The van der Waals surface area contributed by atoms with E-state index in [-0.39, 0.29) is 24.0 Å². The van der Waals surface area contributed by atoms with E-state index in [4.69, 9.17) is 4.74 Å². The zero-order chi connectivity index (χ0) is 15.5. The number of hydrogen-bond donors (Lipinski definition) is 0. The zero-order valence-electron chi connectivity index (χ0n) is 12.9. The van der Waals surface area contributed by atoms with Gasteiger partial charge < -0.3 is 14.5 Å². The largest absolute Gasteiger partial charge is 0.375 e. The van der Waals surface area contributed by atoms with E-state index >= 15 is 0 Å². The number of nitrogens with zero attached hydrogens (tertiary/aromatic N) is 2. The van der Waals surface area contributed by atoms with E-state index in [9.17, 15) is 9.59 Å². The molecule has 22 heavy (non-hydrogen) atoms. The van der Waals surface area contributed by atoms with Crippen molar-refractivity contribution in [3.63, 3.8) is 0 Å². The molecule has 2 fully saturated rings. The normalized spacial score (nSPS) is 22.5. The highest BCUT2D eigenvalue weighted by atomic mass is 32.1. The van der Waals surface area contributed by atoms with Crippen LogP contribution in [0.4, 0.5) is 0 Å². The third-order valence-electron chi connectivity index (χ3n) is 4.34. The molecule has 1 aromatic heterocycles. The van der Waals surface area contributed by atoms with Crippen LogP contribution < -0.4 is 0 Å². The molecule has 0 N–H and O–H groups in total. The van der Waals surface area contributed by atoms with Gasteiger partial charge in [-0.05, 0) is 37.6 Å². The predicted octanol–water partition coefficient (Wildman–Crippen LogP) is 1.99. The van der Waals surface area contributed by atoms with Crippen molar-refractivity contribution in [1.29, 1.82) is 0 Å². The van der Waals surface area contributed by atoms with Crippen LogP contribution in [0, 0.1) is 0 Å². The molecule has 0 aliphatic carbocycles. The fraction of sp³-hybridized carbons (Fsp3) is 0.625. The second-order valence-corrected chi connectivity index (χ2v) is 6.76. The maximum Gasteiger partial charge on any atom is 0.264 e. The number of carbonyl (C=O) groups excluding carboxylic acids is 2. The van der Waals surface area contributed by atoms with Crippen molar-refractivity contribution < 1.29 is 14.3 Å². The van der Waals surface area contributed by atoms with Crippen molar-refractivity contribution >= 4 is 23.2 Å². The number of carbonyl (C=O) groups is 2. The first-order valence-electron chi connectivity index (χ1n) is 7.95. The summed E-state index contributed by atoms with van der Waals surface area (Å²) >= 11 is 1.44. The maximum atomic E-state index is 12.7. The van der Waals surface area contributed by atoms with Crippen molar-refractivity contribution in [1.82, 2.24) is 9.80 Å². The zero-order valence-corrected chi connectivity index (χ0v) is 13.7. The lowest BCUT2D eigenvalue weighted by Gasteiger charge is -2.43. The third kappa shape index (κ3) is 3.03. The van der Waals surface area contributed by atoms with Crippen LogP contribution in [-0.4, -0.2) is 60.0 Å². The summed E-state index contributed by atoms with van der Waals surface area (Å²) in [4.78, 5) is 29.6. The minimum atomic E-state index is -0.300. The Balaban J connectivity index is 1.65. The van der Waals surface area contributed by atoms with E-state index in [0.29, 0.717) is 26.2 Å². The first-order chi connectivity index (χ1) is 10.7. The van der Waals surface area contributed by atoms with Crippen molar-refractivity contribution in [3.05, 3.63) is 22.4 Å². The highest BCUT2D eigenvalue weighted by molar-refractivity contribution is 7.12. The van der Waals surface area contributed by atoms with Gasteiger partial charge >= 0.3 is 0 Å². The minimum absolute atomic E-state index is 0.00469. The molecule has 1 atom stereocenters. The molecule has 0 bridgehead atoms. The third-order valence-corrected chi connectivity index (χ3v) is 5.20. The van der Waals surface area contributed by atoms with Crippen LogP contribution in [0.3, 0.4) is 0 Å². The van der Waals surface area contributed by atoms with E-state index in [2.05, 4.69) is 0 Å². The molecule has 0 spiro atoms. The van der Waals surface area contributed by atoms with Crippen molar-refractivity contribution in [2.75, 3.05) is 26.2 Å². The highest BCUT2D eigenvalue weighted by Gasteiger charge is 2.40. The van der Waals surface area contributed by atoms with Crippen LogP contribution in [0.15, 0.2) is 17.5 Å². The summed E-state index contributed by atoms with van der Waals surface area (Å²) in [6, 6.07) is 3.41. The molecule has 0 radical (unpaired) electrons. The molecule has 120 valence electrons. The molecule has 0 aromatic carbocycles. The summed E-state index contributed by atoms with van der Waals surface area (Å²) in [5.74, 6) is 0.0792. The van der Waals surface area contributed by atoms with Gasteiger partial charge in [-0.1, -0.05) is 6.07 Å².